The van der Waals surface area contributed by atoms with Gasteiger partial charge in [-0.25, -0.2) is 22.5 Å². The van der Waals surface area contributed by atoms with E-state index in [1.165, 1.54) is 29.2 Å². The van der Waals surface area contributed by atoms with Crippen molar-refractivity contribution in [3.63, 3.8) is 0 Å². The number of benzene rings is 1. The molecule has 1 aliphatic rings. The van der Waals surface area contributed by atoms with Crippen molar-refractivity contribution in [1.82, 2.24) is 14.2 Å². The monoisotopic (exact) mass is 385 g/mol. The second-order valence-corrected chi connectivity index (χ2v) is 7.91. The molecule has 9 heteroatoms. The fraction of sp³-hybridized carbons (Fsp3) is 0.200. The smallest absolute Gasteiger partial charge is 0.318 e. The van der Waals surface area contributed by atoms with Crippen molar-refractivity contribution in [2.24, 2.45) is 0 Å². The van der Waals surface area contributed by atoms with Crippen molar-refractivity contribution in [1.29, 1.82) is 0 Å². The highest BCUT2D eigenvalue weighted by Crippen LogP contribution is 2.23. The molecule has 0 spiro atoms. The number of sulfonamides is 1. The summed E-state index contributed by atoms with van der Waals surface area (Å²) in [6, 6.07) is 8.55. The summed E-state index contributed by atoms with van der Waals surface area (Å²) in [6.07, 6.45) is 1.56. The van der Waals surface area contributed by atoms with Gasteiger partial charge in [0, 0.05) is 24.3 Å². The summed E-state index contributed by atoms with van der Waals surface area (Å²) in [5, 5.41) is 0.789. The Balaban J connectivity index is 1.78. The van der Waals surface area contributed by atoms with Crippen LogP contribution < -0.4 is 0 Å². The van der Waals surface area contributed by atoms with Crippen LogP contribution >= 0.6 is 23.2 Å². The minimum Gasteiger partial charge on any atom is -0.318 e. The van der Waals surface area contributed by atoms with Crippen LogP contribution in [0.2, 0.25) is 10.2 Å². The van der Waals surface area contributed by atoms with E-state index in [1.54, 1.807) is 18.3 Å². The van der Waals surface area contributed by atoms with Crippen molar-refractivity contribution in [3.05, 3.63) is 58.3 Å². The zero-order chi connectivity index (χ0) is 17.3. The van der Waals surface area contributed by atoms with E-state index < -0.39 is 16.1 Å². The summed E-state index contributed by atoms with van der Waals surface area (Å²) < 4.78 is 26.1. The molecule has 0 bridgehead atoms. The Labute approximate surface area is 149 Å². The highest BCUT2D eigenvalue weighted by molar-refractivity contribution is 7.89. The van der Waals surface area contributed by atoms with Crippen LogP contribution in [-0.2, 0) is 16.6 Å². The third kappa shape index (κ3) is 3.33. The Hall–Kier alpha value is -1.83. The SMILES string of the molecule is O=C1N(Cc2ccc(Cl)nc2)CCN1S(=O)(=O)c1ccc(Cl)cc1. The summed E-state index contributed by atoms with van der Waals surface area (Å²) in [4.78, 5) is 17.9. The van der Waals surface area contributed by atoms with Gasteiger partial charge < -0.3 is 4.90 Å². The van der Waals surface area contributed by atoms with E-state index in [1.807, 2.05) is 0 Å². The first-order valence-electron chi connectivity index (χ1n) is 7.05. The number of hydrogen-bond donors (Lipinski definition) is 0. The molecule has 0 radical (unpaired) electrons. The second-order valence-electron chi connectivity index (χ2n) is 5.22. The van der Waals surface area contributed by atoms with Gasteiger partial charge in [0.15, 0.2) is 0 Å². The molecule has 1 aliphatic heterocycles. The van der Waals surface area contributed by atoms with Crippen molar-refractivity contribution in [2.45, 2.75) is 11.4 Å². The molecular formula is C15H13Cl2N3O3S. The van der Waals surface area contributed by atoms with Gasteiger partial charge in [0.05, 0.1) is 11.4 Å². The Morgan fingerprint density at radius 1 is 1.04 bits per heavy atom. The van der Waals surface area contributed by atoms with E-state index in [2.05, 4.69) is 4.98 Å². The lowest BCUT2D eigenvalue weighted by Crippen LogP contribution is -2.36. The standard InChI is InChI=1S/C15H13Cl2N3O3S/c16-12-2-4-13(5-3-12)24(22,23)20-8-7-19(15(20)21)10-11-1-6-14(17)18-9-11/h1-6,9H,7-8,10H2. The minimum atomic E-state index is -3.89. The Morgan fingerprint density at radius 3 is 2.38 bits per heavy atom. The molecule has 0 atom stereocenters. The van der Waals surface area contributed by atoms with Gasteiger partial charge in [0.2, 0.25) is 0 Å². The fourth-order valence-electron chi connectivity index (χ4n) is 2.38. The van der Waals surface area contributed by atoms with E-state index in [-0.39, 0.29) is 18.0 Å². The van der Waals surface area contributed by atoms with Gasteiger partial charge in [-0.1, -0.05) is 29.3 Å². The van der Waals surface area contributed by atoms with Crippen molar-refractivity contribution < 1.29 is 13.2 Å². The topological polar surface area (TPSA) is 70.6 Å². The van der Waals surface area contributed by atoms with Crippen LogP contribution in [-0.4, -0.2) is 41.7 Å². The average Bonchev–Trinajstić information content (AvgIpc) is 2.92. The van der Waals surface area contributed by atoms with Crippen LogP contribution in [0.1, 0.15) is 5.56 Å². The number of urea groups is 1. The molecule has 1 fully saturated rings. The van der Waals surface area contributed by atoms with Gasteiger partial charge in [-0.05, 0) is 35.9 Å². The van der Waals surface area contributed by atoms with Crippen LogP contribution in [0.5, 0.6) is 0 Å². The highest BCUT2D eigenvalue weighted by atomic mass is 35.5. The van der Waals surface area contributed by atoms with Gasteiger partial charge in [-0.15, -0.1) is 0 Å². The van der Waals surface area contributed by atoms with Crippen LogP contribution in [0.25, 0.3) is 0 Å². The Kier molecular flexibility index (Phi) is 4.67. The summed E-state index contributed by atoms with van der Waals surface area (Å²) in [5.74, 6) is 0. The summed E-state index contributed by atoms with van der Waals surface area (Å²) in [7, 11) is -3.89. The minimum absolute atomic E-state index is 0.0373. The number of rotatable bonds is 4. The molecule has 0 unspecified atom stereocenters. The summed E-state index contributed by atoms with van der Waals surface area (Å²) >= 11 is 11.5. The lowest BCUT2D eigenvalue weighted by Gasteiger charge is -2.18. The molecule has 0 aliphatic carbocycles. The predicted molar refractivity (Wildman–Crippen MR) is 90.4 cm³/mol. The molecule has 1 aromatic heterocycles. The first kappa shape index (κ1) is 17.0. The number of hydrogen-bond acceptors (Lipinski definition) is 4. The summed E-state index contributed by atoms with van der Waals surface area (Å²) in [6.45, 7) is 0.689. The number of halogens is 2. The zero-order valence-corrected chi connectivity index (χ0v) is 14.7. The molecular weight excluding hydrogens is 373 g/mol. The number of carbonyl (C=O) groups excluding carboxylic acids is 1. The number of nitrogens with zero attached hydrogens (tertiary/aromatic N) is 3. The number of pyridine rings is 1. The Bertz CT molecular complexity index is 855. The van der Waals surface area contributed by atoms with E-state index >= 15 is 0 Å². The first-order valence-corrected chi connectivity index (χ1v) is 9.25. The van der Waals surface area contributed by atoms with E-state index in [0.717, 1.165) is 9.87 Å². The van der Waals surface area contributed by atoms with Crippen molar-refractivity contribution in [2.75, 3.05) is 13.1 Å². The van der Waals surface area contributed by atoms with Crippen molar-refractivity contribution in [3.8, 4) is 0 Å². The summed E-state index contributed by atoms with van der Waals surface area (Å²) in [5.41, 5.74) is 0.776. The molecule has 2 heterocycles. The first-order chi connectivity index (χ1) is 11.4. The zero-order valence-electron chi connectivity index (χ0n) is 12.4. The predicted octanol–water partition coefficient (Wildman–Crippen LogP) is 3.01. The van der Waals surface area contributed by atoms with Gasteiger partial charge in [-0.3, -0.25) is 0 Å². The Morgan fingerprint density at radius 2 is 1.75 bits per heavy atom. The third-order valence-corrected chi connectivity index (χ3v) is 5.88. The molecule has 0 saturated carbocycles. The molecule has 2 amide bonds. The van der Waals surface area contributed by atoms with Gasteiger partial charge in [0.1, 0.15) is 5.15 Å². The second kappa shape index (κ2) is 6.58. The highest BCUT2D eigenvalue weighted by Gasteiger charge is 2.37. The molecule has 24 heavy (non-hydrogen) atoms. The molecule has 1 saturated heterocycles. The maximum Gasteiger partial charge on any atom is 0.334 e. The van der Waals surface area contributed by atoms with E-state index in [0.29, 0.717) is 16.7 Å². The van der Waals surface area contributed by atoms with Gasteiger partial charge in [0.25, 0.3) is 10.0 Å². The van der Waals surface area contributed by atoms with E-state index in [9.17, 15) is 13.2 Å². The van der Waals surface area contributed by atoms with E-state index in [4.69, 9.17) is 23.2 Å². The van der Waals surface area contributed by atoms with Crippen LogP contribution in [0.4, 0.5) is 4.79 Å². The molecule has 6 nitrogen and oxygen atoms in total. The molecule has 3 rings (SSSR count). The molecule has 0 N–H and O–H groups in total. The van der Waals surface area contributed by atoms with Crippen LogP contribution in [0, 0.1) is 0 Å². The molecule has 126 valence electrons. The quantitative estimate of drug-likeness (QED) is 0.758. The fourth-order valence-corrected chi connectivity index (χ4v) is 4.00. The van der Waals surface area contributed by atoms with Crippen molar-refractivity contribution >= 4 is 39.3 Å². The lowest BCUT2D eigenvalue weighted by molar-refractivity contribution is 0.205. The molecule has 1 aromatic carbocycles. The molecule has 2 aromatic rings. The number of carbonyl (C=O) groups is 1. The third-order valence-electron chi connectivity index (χ3n) is 3.62. The lowest BCUT2D eigenvalue weighted by atomic mass is 10.3. The average molecular weight is 386 g/mol. The maximum absolute atomic E-state index is 12.6. The number of amides is 2. The largest absolute Gasteiger partial charge is 0.334 e. The van der Waals surface area contributed by atoms with Gasteiger partial charge in [-0.2, -0.15) is 0 Å². The van der Waals surface area contributed by atoms with Gasteiger partial charge >= 0.3 is 6.03 Å². The van der Waals surface area contributed by atoms with Crippen LogP contribution in [0.3, 0.4) is 0 Å². The van der Waals surface area contributed by atoms with Crippen LogP contribution in [0.15, 0.2) is 47.5 Å². The number of aromatic nitrogens is 1. The normalized spacial score (nSPS) is 15.2. The maximum atomic E-state index is 12.6.